The van der Waals surface area contributed by atoms with E-state index in [4.69, 9.17) is 4.74 Å². The van der Waals surface area contributed by atoms with Crippen LogP contribution < -0.4 is 0 Å². The molecule has 2 nitrogen and oxygen atoms in total. The highest BCUT2D eigenvalue weighted by atomic mass is 16.6. The first-order valence-corrected chi connectivity index (χ1v) is 8.92. The quantitative estimate of drug-likeness (QED) is 0.433. The highest BCUT2D eigenvalue weighted by molar-refractivity contribution is 5.69. The number of hydrogen-bond acceptors (Lipinski definition) is 2. The van der Waals surface area contributed by atoms with Crippen molar-refractivity contribution >= 4 is 5.97 Å². The number of rotatable bonds is 7. The lowest BCUT2D eigenvalue weighted by molar-refractivity contribution is -0.163. The van der Waals surface area contributed by atoms with Crippen LogP contribution in [-0.2, 0) is 9.53 Å². The van der Waals surface area contributed by atoms with Gasteiger partial charge in [-0.2, -0.15) is 0 Å². The Bertz CT molecular complexity index is 306. The van der Waals surface area contributed by atoms with Gasteiger partial charge in [0.05, 0.1) is 0 Å². The van der Waals surface area contributed by atoms with E-state index in [0.717, 1.165) is 12.8 Å². The standard InChI is InChI=1S/C19H36O2/c1-18(2,3)15-11-7-10-14-17(20)21-19(4,5)16-12-8-6-9-13-16/h16H,6-15H2,1-5H3. The molecule has 1 aliphatic rings. The number of carbonyl (C=O) groups is 1. The molecule has 0 amide bonds. The normalized spacial score (nSPS) is 17.8. The van der Waals surface area contributed by atoms with Crippen molar-refractivity contribution in [1.29, 1.82) is 0 Å². The number of carbonyl (C=O) groups excluding carboxylic acids is 1. The van der Waals surface area contributed by atoms with E-state index in [1.165, 1.54) is 44.9 Å². The summed E-state index contributed by atoms with van der Waals surface area (Å²) in [6.45, 7) is 11.0. The fraction of sp³-hybridized carbons (Fsp3) is 0.947. The van der Waals surface area contributed by atoms with Gasteiger partial charge in [0.25, 0.3) is 0 Å². The first kappa shape index (κ1) is 18.5. The number of ether oxygens (including phenoxy) is 1. The Morgan fingerprint density at radius 3 is 2.14 bits per heavy atom. The molecule has 1 aliphatic carbocycles. The molecule has 0 N–H and O–H groups in total. The molecule has 0 aliphatic heterocycles. The van der Waals surface area contributed by atoms with Crippen LogP contribution in [0.15, 0.2) is 0 Å². The Morgan fingerprint density at radius 1 is 0.952 bits per heavy atom. The van der Waals surface area contributed by atoms with Gasteiger partial charge in [-0.05, 0) is 50.9 Å². The maximum atomic E-state index is 12.0. The van der Waals surface area contributed by atoms with Gasteiger partial charge < -0.3 is 4.74 Å². The van der Waals surface area contributed by atoms with Crippen LogP contribution in [-0.4, -0.2) is 11.6 Å². The van der Waals surface area contributed by atoms with Crippen molar-refractivity contribution in [2.45, 2.75) is 104 Å². The van der Waals surface area contributed by atoms with E-state index in [0.29, 0.717) is 17.8 Å². The average molecular weight is 296 g/mol. The highest BCUT2D eigenvalue weighted by Gasteiger charge is 2.33. The monoisotopic (exact) mass is 296 g/mol. The van der Waals surface area contributed by atoms with E-state index in [1.807, 2.05) is 0 Å². The van der Waals surface area contributed by atoms with E-state index in [-0.39, 0.29) is 11.6 Å². The minimum Gasteiger partial charge on any atom is -0.459 e. The third-order valence-corrected chi connectivity index (χ3v) is 4.77. The second-order valence-electron chi connectivity index (χ2n) is 8.53. The third kappa shape index (κ3) is 7.87. The molecule has 0 aromatic rings. The van der Waals surface area contributed by atoms with Crippen molar-refractivity contribution in [1.82, 2.24) is 0 Å². The van der Waals surface area contributed by atoms with Gasteiger partial charge in [0, 0.05) is 6.42 Å². The summed E-state index contributed by atoms with van der Waals surface area (Å²) in [6.07, 6.45) is 11.5. The largest absolute Gasteiger partial charge is 0.459 e. The highest BCUT2D eigenvalue weighted by Crippen LogP contribution is 2.35. The molecular formula is C19H36O2. The molecule has 0 aromatic carbocycles. The van der Waals surface area contributed by atoms with Crippen molar-refractivity contribution in [3.05, 3.63) is 0 Å². The lowest BCUT2D eigenvalue weighted by atomic mass is 9.79. The van der Waals surface area contributed by atoms with Gasteiger partial charge in [-0.25, -0.2) is 0 Å². The number of unbranched alkanes of at least 4 members (excludes halogenated alkanes) is 2. The number of hydrogen-bond donors (Lipinski definition) is 0. The molecule has 1 saturated carbocycles. The van der Waals surface area contributed by atoms with E-state index in [9.17, 15) is 4.79 Å². The maximum Gasteiger partial charge on any atom is 0.306 e. The fourth-order valence-corrected chi connectivity index (χ4v) is 3.33. The molecule has 2 heteroatoms. The van der Waals surface area contributed by atoms with Crippen LogP contribution in [0.3, 0.4) is 0 Å². The summed E-state index contributed by atoms with van der Waals surface area (Å²) in [5.74, 6) is 0.553. The van der Waals surface area contributed by atoms with Gasteiger partial charge in [0.1, 0.15) is 5.60 Å². The Balaban J connectivity index is 2.20. The molecule has 0 atom stereocenters. The molecule has 21 heavy (non-hydrogen) atoms. The van der Waals surface area contributed by atoms with Crippen LogP contribution in [0.2, 0.25) is 0 Å². The first-order valence-electron chi connectivity index (χ1n) is 8.92. The summed E-state index contributed by atoms with van der Waals surface area (Å²) in [5.41, 5.74) is 0.131. The molecular weight excluding hydrogens is 260 g/mol. The van der Waals surface area contributed by atoms with Gasteiger partial charge in [-0.1, -0.05) is 52.9 Å². The molecule has 0 aromatic heterocycles. The zero-order chi connectivity index (χ0) is 15.9. The van der Waals surface area contributed by atoms with Crippen LogP contribution in [0.25, 0.3) is 0 Å². The predicted molar refractivity (Wildman–Crippen MR) is 89.3 cm³/mol. The zero-order valence-electron chi connectivity index (χ0n) is 15.0. The SMILES string of the molecule is CC(C)(C)CCCCCC(=O)OC(C)(C)C1CCCCC1. The van der Waals surface area contributed by atoms with Crippen molar-refractivity contribution in [3.8, 4) is 0 Å². The summed E-state index contributed by atoms with van der Waals surface area (Å²) in [7, 11) is 0. The van der Waals surface area contributed by atoms with E-state index in [1.54, 1.807) is 0 Å². The summed E-state index contributed by atoms with van der Waals surface area (Å²) < 4.78 is 5.79. The maximum absolute atomic E-state index is 12.0. The van der Waals surface area contributed by atoms with Crippen molar-refractivity contribution < 1.29 is 9.53 Å². The first-order chi connectivity index (χ1) is 9.71. The number of esters is 1. The zero-order valence-corrected chi connectivity index (χ0v) is 15.0. The Morgan fingerprint density at radius 2 is 1.57 bits per heavy atom. The van der Waals surface area contributed by atoms with Crippen molar-refractivity contribution in [2.75, 3.05) is 0 Å². The molecule has 0 unspecified atom stereocenters. The average Bonchev–Trinajstić information content (AvgIpc) is 2.37. The minimum atomic E-state index is -0.275. The van der Waals surface area contributed by atoms with E-state index < -0.39 is 0 Å². The van der Waals surface area contributed by atoms with Crippen molar-refractivity contribution in [2.24, 2.45) is 11.3 Å². The summed E-state index contributed by atoms with van der Waals surface area (Å²) in [6, 6.07) is 0. The van der Waals surface area contributed by atoms with Gasteiger partial charge in [0.15, 0.2) is 0 Å². The second-order valence-corrected chi connectivity index (χ2v) is 8.53. The van der Waals surface area contributed by atoms with Crippen LogP contribution in [0.1, 0.15) is 98.8 Å². The summed E-state index contributed by atoms with van der Waals surface area (Å²) in [5, 5.41) is 0. The van der Waals surface area contributed by atoms with Crippen LogP contribution in [0.4, 0.5) is 0 Å². The van der Waals surface area contributed by atoms with Crippen LogP contribution in [0.5, 0.6) is 0 Å². The lowest BCUT2D eigenvalue weighted by Crippen LogP contribution is -2.37. The van der Waals surface area contributed by atoms with E-state index >= 15 is 0 Å². The second kappa shape index (κ2) is 8.19. The Kier molecular flexibility index (Phi) is 7.23. The molecule has 0 heterocycles. The molecule has 0 bridgehead atoms. The summed E-state index contributed by atoms with van der Waals surface area (Å²) >= 11 is 0. The van der Waals surface area contributed by atoms with Gasteiger partial charge >= 0.3 is 5.97 Å². The summed E-state index contributed by atoms with van der Waals surface area (Å²) in [4.78, 5) is 12.0. The molecule has 0 radical (unpaired) electrons. The third-order valence-electron chi connectivity index (χ3n) is 4.77. The van der Waals surface area contributed by atoms with E-state index in [2.05, 4.69) is 34.6 Å². The molecule has 0 saturated heterocycles. The Labute approximate surface area is 132 Å². The molecule has 124 valence electrons. The van der Waals surface area contributed by atoms with Gasteiger partial charge in [0.2, 0.25) is 0 Å². The van der Waals surface area contributed by atoms with Crippen LogP contribution >= 0.6 is 0 Å². The molecule has 1 fully saturated rings. The smallest absolute Gasteiger partial charge is 0.306 e. The molecule has 1 rings (SSSR count). The minimum absolute atomic E-state index is 0.00123. The van der Waals surface area contributed by atoms with Crippen LogP contribution in [0, 0.1) is 11.3 Å². The van der Waals surface area contributed by atoms with Gasteiger partial charge in [-0.15, -0.1) is 0 Å². The molecule has 0 spiro atoms. The Hall–Kier alpha value is -0.530. The predicted octanol–water partition coefficient (Wildman–Crippen LogP) is 5.89. The van der Waals surface area contributed by atoms with Crippen molar-refractivity contribution in [3.63, 3.8) is 0 Å². The topological polar surface area (TPSA) is 26.3 Å². The fourth-order valence-electron chi connectivity index (χ4n) is 3.33. The van der Waals surface area contributed by atoms with Gasteiger partial charge in [-0.3, -0.25) is 4.79 Å². The lowest BCUT2D eigenvalue weighted by Gasteiger charge is -2.36.